The van der Waals surface area contributed by atoms with Crippen molar-refractivity contribution in [2.24, 2.45) is 0 Å². The minimum absolute atomic E-state index is 0.457. The Labute approximate surface area is 206 Å². The van der Waals surface area contributed by atoms with Crippen LogP contribution in [0.4, 0.5) is 0 Å². The predicted octanol–water partition coefficient (Wildman–Crippen LogP) is 6.93. The second kappa shape index (κ2) is 8.70. The summed E-state index contributed by atoms with van der Waals surface area (Å²) >= 11 is 1.82. The summed E-state index contributed by atoms with van der Waals surface area (Å²) in [5.41, 5.74) is 4.49. The molecule has 1 heterocycles. The lowest BCUT2D eigenvalue weighted by Gasteiger charge is -2.37. The maximum absolute atomic E-state index is 10.5. The van der Waals surface area contributed by atoms with Gasteiger partial charge in [-0.3, -0.25) is 0 Å². The van der Waals surface area contributed by atoms with Crippen LogP contribution in [0.3, 0.4) is 0 Å². The van der Waals surface area contributed by atoms with Crippen molar-refractivity contribution in [2.75, 3.05) is 0 Å². The van der Waals surface area contributed by atoms with Crippen LogP contribution in [0.1, 0.15) is 27.7 Å². The van der Waals surface area contributed by atoms with Gasteiger partial charge in [0.2, 0.25) is 0 Å². The highest BCUT2D eigenvalue weighted by Crippen LogP contribution is 2.38. The number of hydrogen-bond donors (Lipinski definition) is 1. The van der Waals surface area contributed by atoms with Crippen LogP contribution in [0.2, 0.25) is 0 Å². The minimum atomic E-state index is -0.932. The second-order valence-corrected chi connectivity index (χ2v) is 11.0. The Balaban J connectivity index is 1.57. The zero-order valence-corrected chi connectivity index (χ0v) is 20.9. The van der Waals surface area contributed by atoms with Gasteiger partial charge >= 0.3 is 7.48 Å². The summed E-state index contributed by atoms with van der Waals surface area (Å²) in [4.78, 5) is 0. The Kier molecular flexibility index (Phi) is 5.85. The van der Waals surface area contributed by atoms with Crippen molar-refractivity contribution in [3.63, 3.8) is 0 Å². The molecule has 0 fully saturated rings. The zero-order chi connectivity index (χ0) is 23.9. The molecule has 0 spiro atoms. The highest BCUT2D eigenvalue weighted by Gasteiger charge is 2.35. The molecule has 5 aromatic rings. The minimum Gasteiger partial charge on any atom is -0.427 e. The first-order valence-corrected chi connectivity index (χ1v) is 12.5. The molecule has 4 aromatic carbocycles. The first-order chi connectivity index (χ1) is 16.2. The molecule has 4 heteroatoms. The quantitative estimate of drug-likeness (QED) is 0.276. The third kappa shape index (κ3) is 4.18. The third-order valence-electron chi connectivity index (χ3n) is 6.97. The van der Waals surface area contributed by atoms with E-state index in [1.54, 1.807) is 13.8 Å². The van der Waals surface area contributed by atoms with Gasteiger partial charge in [0, 0.05) is 9.40 Å². The lowest BCUT2D eigenvalue weighted by Crippen LogP contribution is -2.49. The molecule has 0 aliphatic rings. The largest absolute Gasteiger partial charge is 0.427 e. The van der Waals surface area contributed by atoms with Crippen molar-refractivity contribution < 1.29 is 9.76 Å². The molecule has 0 atom stereocenters. The van der Waals surface area contributed by atoms with E-state index >= 15 is 0 Å². The smallest absolute Gasteiger partial charge is 0.310 e. The normalized spacial score (nSPS) is 12.4. The lowest BCUT2D eigenvalue weighted by atomic mass is 9.80. The fraction of sp³-hybridized carbons (Fsp3) is 0.200. The van der Waals surface area contributed by atoms with Gasteiger partial charge in [0.05, 0.1) is 11.2 Å². The lowest BCUT2D eigenvalue weighted by molar-refractivity contribution is -0.0893. The van der Waals surface area contributed by atoms with Crippen LogP contribution < -0.4 is 5.46 Å². The summed E-state index contributed by atoms with van der Waals surface area (Å²) in [7, 11) is 0.457. The van der Waals surface area contributed by atoms with Gasteiger partial charge in [-0.1, -0.05) is 78.9 Å². The van der Waals surface area contributed by atoms with Crippen LogP contribution in [0.25, 0.3) is 42.4 Å². The molecule has 5 rings (SSSR count). The van der Waals surface area contributed by atoms with E-state index in [1.165, 1.54) is 42.4 Å². The highest BCUT2D eigenvalue weighted by molar-refractivity contribution is 7.26. The molecule has 170 valence electrons. The first-order valence-electron chi connectivity index (χ1n) is 11.7. The van der Waals surface area contributed by atoms with Crippen molar-refractivity contribution >= 4 is 44.5 Å². The van der Waals surface area contributed by atoms with Crippen LogP contribution in [-0.2, 0) is 4.65 Å². The Morgan fingerprint density at radius 3 is 2.09 bits per heavy atom. The molecule has 0 aliphatic carbocycles. The Hall–Kier alpha value is -2.92. The van der Waals surface area contributed by atoms with Gasteiger partial charge in [-0.25, -0.2) is 0 Å². The molecule has 0 saturated heterocycles. The Bertz CT molecular complexity index is 1460. The molecule has 0 bridgehead atoms. The zero-order valence-electron chi connectivity index (χ0n) is 20.1. The summed E-state index contributed by atoms with van der Waals surface area (Å²) in [5.74, 6) is 0. The van der Waals surface area contributed by atoms with Crippen molar-refractivity contribution in [3.05, 3.63) is 91.0 Å². The first kappa shape index (κ1) is 22.9. The molecule has 0 aliphatic heterocycles. The number of fused-ring (bicyclic) bond motifs is 3. The molecule has 0 unspecified atom stereocenters. The summed E-state index contributed by atoms with van der Waals surface area (Å²) in [6, 6.07) is 32.4. The van der Waals surface area contributed by atoms with E-state index in [1.807, 2.05) is 25.2 Å². The molecule has 1 aromatic heterocycles. The van der Waals surface area contributed by atoms with E-state index in [0.29, 0.717) is 7.48 Å². The third-order valence-corrected chi connectivity index (χ3v) is 8.09. The fourth-order valence-corrected chi connectivity index (χ4v) is 5.42. The Morgan fingerprint density at radius 1 is 0.706 bits per heavy atom. The van der Waals surface area contributed by atoms with Gasteiger partial charge in [-0.05, 0) is 78.3 Å². The molecule has 1 N–H and O–H groups in total. The SMILES string of the molecule is CC(C)(O)C(C)(C)OBc1cccc2sc3cc(-c4ccccc4-c4ccccc4)ccc3c12. The fourth-order valence-electron chi connectivity index (χ4n) is 4.23. The van der Waals surface area contributed by atoms with Crippen LogP contribution in [0, 0.1) is 0 Å². The van der Waals surface area contributed by atoms with E-state index < -0.39 is 11.2 Å². The van der Waals surface area contributed by atoms with E-state index in [2.05, 4.69) is 91.0 Å². The monoisotopic (exact) mass is 464 g/mol. The van der Waals surface area contributed by atoms with Crippen LogP contribution in [0.15, 0.2) is 91.0 Å². The van der Waals surface area contributed by atoms with Crippen molar-refractivity contribution in [1.82, 2.24) is 0 Å². The number of rotatable bonds is 6. The van der Waals surface area contributed by atoms with E-state index in [-0.39, 0.29) is 0 Å². The van der Waals surface area contributed by atoms with Crippen LogP contribution >= 0.6 is 11.3 Å². The predicted molar refractivity (Wildman–Crippen MR) is 148 cm³/mol. The maximum Gasteiger partial charge on any atom is 0.310 e. The van der Waals surface area contributed by atoms with Crippen LogP contribution in [-0.4, -0.2) is 23.8 Å². The van der Waals surface area contributed by atoms with Gasteiger partial charge in [0.1, 0.15) is 0 Å². The van der Waals surface area contributed by atoms with Crippen molar-refractivity contribution in [2.45, 2.75) is 38.9 Å². The van der Waals surface area contributed by atoms with E-state index in [0.717, 1.165) is 5.46 Å². The van der Waals surface area contributed by atoms with E-state index in [4.69, 9.17) is 4.65 Å². The summed E-state index contributed by atoms with van der Waals surface area (Å²) in [6.07, 6.45) is 0. The molecule has 0 radical (unpaired) electrons. The number of aliphatic hydroxyl groups is 1. The van der Waals surface area contributed by atoms with Crippen LogP contribution in [0.5, 0.6) is 0 Å². The Morgan fingerprint density at radius 2 is 1.38 bits per heavy atom. The van der Waals surface area contributed by atoms with Gasteiger partial charge in [-0.15, -0.1) is 11.3 Å². The van der Waals surface area contributed by atoms with Gasteiger partial charge in [0.25, 0.3) is 0 Å². The standard InChI is InChI=1S/C30H29BO2S/c1-29(2,32)30(3,4)33-31-25-15-10-16-26-28(25)24-18-17-21(19-27(24)34-26)23-14-9-8-13-22(23)20-11-6-5-7-12-20/h5-19,31-32H,1-4H3. The topological polar surface area (TPSA) is 29.5 Å². The van der Waals surface area contributed by atoms with Gasteiger partial charge in [0.15, 0.2) is 0 Å². The summed E-state index contributed by atoms with van der Waals surface area (Å²) in [6.45, 7) is 7.47. The average Bonchev–Trinajstić information content (AvgIpc) is 3.21. The molecule has 0 amide bonds. The molecular formula is C30H29BO2S. The summed E-state index contributed by atoms with van der Waals surface area (Å²) < 4.78 is 8.74. The maximum atomic E-state index is 10.5. The molecule has 2 nitrogen and oxygen atoms in total. The van der Waals surface area contributed by atoms with E-state index in [9.17, 15) is 5.11 Å². The highest BCUT2D eigenvalue weighted by atomic mass is 32.1. The van der Waals surface area contributed by atoms with Gasteiger partial charge < -0.3 is 9.76 Å². The summed E-state index contributed by atoms with van der Waals surface area (Å²) in [5, 5.41) is 13.0. The average molecular weight is 464 g/mol. The van der Waals surface area contributed by atoms with Crippen molar-refractivity contribution in [3.8, 4) is 22.3 Å². The number of benzene rings is 4. The number of hydrogen-bond acceptors (Lipinski definition) is 3. The molecular weight excluding hydrogens is 435 g/mol. The number of thiophene rings is 1. The molecule has 34 heavy (non-hydrogen) atoms. The second-order valence-electron chi connectivity index (χ2n) is 9.87. The van der Waals surface area contributed by atoms with Crippen molar-refractivity contribution in [1.29, 1.82) is 0 Å². The molecule has 0 saturated carbocycles. The van der Waals surface area contributed by atoms with Gasteiger partial charge in [-0.2, -0.15) is 0 Å².